The third-order valence-corrected chi connectivity index (χ3v) is 16.6. The van der Waals surface area contributed by atoms with Gasteiger partial charge >= 0.3 is 5.97 Å². The van der Waals surface area contributed by atoms with Crippen molar-refractivity contribution in [3.63, 3.8) is 0 Å². The van der Waals surface area contributed by atoms with E-state index in [1.165, 1.54) is 23.9 Å². The minimum atomic E-state index is -3.31. The van der Waals surface area contributed by atoms with Gasteiger partial charge in [0, 0.05) is 24.8 Å². The molecule has 7 fully saturated rings. The zero-order chi connectivity index (χ0) is 35.0. The van der Waals surface area contributed by atoms with Crippen LogP contribution >= 0.6 is 0 Å². The molecule has 3 unspecified atom stereocenters. The lowest BCUT2D eigenvalue weighted by molar-refractivity contribution is -0.243. The van der Waals surface area contributed by atoms with E-state index in [9.17, 15) is 23.4 Å². The molecule has 0 bridgehead atoms. The van der Waals surface area contributed by atoms with Gasteiger partial charge in [-0.3, -0.25) is 4.79 Å². The van der Waals surface area contributed by atoms with Crippen LogP contribution in [0.15, 0.2) is 0 Å². The first-order valence-corrected chi connectivity index (χ1v) is 20.2. The number of hydrogen-bond donors (Lipinski definition) is 2. The Morgan fingerprint density at radius 1 is 1.06 bits per heavy atom. The second kappa shape index (κ2) is 11.1. The predicted octanol–water partition coefficient (Wildman–Crippen LogP) is 4.83. The molecule has 2 aliphatic heterocycles. The molecular formula is C37H59NO9S. The van der Waals surface area contributed by atoms with Gasteiger partial charge in [-0.1, -0.05) is 34.6 Å². The Hall–Kier alpha value is -0.820. The molecule has 5 saturated carbocycles. The molecule has 0 aromatic rings. The van der Waals surface area contributed by atoms with E-state index >= 15 is 0 Å². The van der Waals surface area contributed by atoms with Crippen LogP contribution in [0.1, 0.15) is 107 Å². The molecule has 11 heteroatoms. The molecule has 2 saturated heterocycles. The van der Waals surface area contributed by atoms with Crippen LogP contribution in [0.25, 0.3) is 0 Å². The van der Waals surface area contributed by atoms with Gasteiger partial charge in [0.25, 0.3) is 0 Å². The van der Waals surface area contributed by atoms with Gasteiger partial charge in [0.2, 0.25) is 10.0 Å². The number of aliphatic hydroxyl groups is 2. The van der Waals surface area contributed by atoms with E-state index in [-0.39, 0.29) is 51.6 Å². The summed E-state index contributed by atoms with van der Waals surface area (Å²) in [6.07, 6.45) is 8.28. The van der Waals surface area contributed by atoms with Gasteiger partial charge in [-0.05, 0) is 105 Å². The van der Waals surface area contributed by atoms with Crippen molar-refractivity contribution in [3.05, 3.63) is 12.2 Å². The molecule has 5 aliphatic carbocycles. The molecule has 0 aromatic carbocycles. The van der Waals surface area contributed by atoms with Crippen molar-refractivity contribution in [2.75, 3.05) is 26.0 Å². The average molecular weight is 694 g/mol. The second-order valence-electron chi connectivity index (χ2n) is 18.5. The SMILES string of the molecule is CC(=O)O[C@@H]([C]1C[C@@H](C)C2[C](O1)[C@H](O)[C@@]1(C)[C@@H]3CC[C@H]4C(C)(C)C(O[C@H]5CN(S(C)(=O)=O)CCO5)CC[C@@]45CC35CC[C@]21C)C(C)(C)O. The fraction of sp³-hybridized carbons (Fsp3) is 0.919. The van der Waals surface area contributed by atoms with Gasteiger partial charge in [0.15, 0.2) is 12.4 Å². The maximum atomic E-state index is 12.5. The molecule has 10 nitrogen and oxygen atoms in total. The van der Waals surface area contributed by atoms with Crippen molar-refractivity contribution in [2.24, 2.45) is 50.7 Å². The molecule has 12 atom stereocenters. The quantitative estimate of drug-likeness (QED) is 0.376. The van der Waals surface area contributed by atoms with Gasteiger partial charge in [-0.25, -0.2) is 8.42 Å². The molecule has 48 heavy (non-hydrogen) atoms. The van der Waals surface area contributed by atoms with E-state index in [0.29, 0.717) is 43.6 Å². The van der Waals surface area contributed by atoms with Crippen molar-refractivity contribution in [1.82, 2.24) is 4.31 Å². The lowest BCUT2D eigenvalue weighted by atomic mass is 9.41. The predicted molar refractivity (Wildman–Crippen MR) is 178 cm³/mol. The first-order chi connectivity index (χ1) is 22.1. The fourth-order valence-corrected chi connectivity index (χ4v) is 14.0. The van der Waals surface area contributed by atoms with Crippen molar-refractivity contribution >= 4 is 16.0 Å². The summed E-state index contributed by atoms with van der Waals surface area (Å²) in [5.74, 6) is 0.594. The zero-order valence-corrected chi connectivity index (χ0v) is 31.3. The molecule has 2 spiro atoms. The number of sulfonamides is 1. The first kappa shape index (κ1) is 35.6. The molecule has 0 amide bonds. The van der Waals surface area contributed by atoms with E-state index in [4.69, 9.17) is 18.9 Å². The van der Waals surface area contributed by atoms with Crippen LogP contribution in [0.5, 0.6) is 0 Å². The van der Waals surface area contributed by atoms with Crippen LogP contribution in [0.2, 0.25) is 0 Å². The van der Waals surface area contributed by atoms with E-state index in [1.807, 2.05) is 0 Å². The lowest BCUT2D eigenvalue weighted by Crippen LogP contribution is -2.60. The molecule has 2 radical (unpaired) electrons. The Labute approximate surface area is 288 Å². The average Bonchev–Trinajstić information content (AvgIpc) is 3.61. The summed E-state index contributed by atoms with van der Waals surface area (Å²) in [6, 6.07) is 0. The standard InChI is InChI=1S/C37H59NO9S/c1-21-18-23(31(33(5,6)41)45-22(2)39)46-29-28(21)34(7)14-15-37-20-36(37)13-12-26(47-27-19-38(16-17-44-27)48(9,42)43)32(3,4)24(36)10-11-25(37)35(34,8)30(29)40/h21,24-28,30-31,40-41H,10-20H2,1-9H3/t21-,24+,25+,26?,27+,28?,30+,31+,34-,35-,36-,37?/m1/s1. The number of morpholine rings is 1. The van der Waals surface area contributed by atoms with E-state index in [1.54, 1.807) is 13.8 Å². The second-order valence-corrected chi connectivity index (χ2v) is 20.4. The molecule has 7 rings (SSSR count). The highest BCUT2D eigenvalue weighted by Gasteiger charge is 2.85. The summed E-state index contributed by atoms with van der Waals surface area (Å²) in [7, 11) is -3.31. The van der Waals surface area contributed by atoms with Crippen molar-refractivity contribution in [2.45, 2.75) is 137 Å². The maximum Gasteiger partial charge on any atom is 0.303 e. The van der Waals surface area contributed by atoms with Gasteiger partial charge < -0.3 is 29.2 Å². The number of carbonyl (C=O) groups is 1. The van der Waals surface area contributed by atoms with Crippen LogP contribution in [0.4, 0.5) is 0 Å². The van der Waals surface area contributed by atoms with Gasteiger partial charge in [0.05, 0.1) is 37.2 Å². The van der Waals surface area contributed by atoms with Gasteiger partial charge in [-0.15, -0.1) is 0 Å². The third kappa shape index (κ3) is 4.83. The van der Waals surface area contributed by atoms with Gasteiger partial charge in [0.1, 0.15) is 12.2 Å². The van der Waals surface area contributed by atoms with Gasteiger partial charge in [-0.2, -0.15) is 4.31 Å². The number of fused-ring (bicyclic) bond motifs is 4. The van der Waals surface area contributed by atoms with E-state index in [0.717, 1.165) is 38.5 Å². The Morgan fingerprint density at radius 3 is 2.38 bits per heavy atom. The summed E-state index contributed by atoms with van der Waals surface area (Å²) < 4.78 is 50.9. The van der Waals surface area contributed by atoms with E-state index < -0.39 is 40.1 Å². The fourth-order valence-electron chi connectivity index (χ4n) is 13.2. The lowest BCUT2D eigenvalue weighted by Gasteiger charge is -2.63. The number of esters is 1. The molecule has 7 aliphatic rings. The minimum Gasteiger partial charge on any atom is -0.456 e. The highest BCUT2D eigenvalue weighted by molar-refractivity contribution is 7.88. The molecule has 0 aromatic heterocycles. The molecule has 2 N–H and O–H groups in total. The number of hydrogen-bond acceptors (Lipinski definition) is 9. The van der Waals surface area contributed by atoms with Crippen molar-refractivity contribution < 1.29 is 42.4 Å². The molecular weight excluding hydrogens is 634 g/mol. The van der Waals surface area contributed by atoms with Crippen molar-refractivity contribution in [3.8, 4) is 0 Å². The topological polar surface area (TPSA) is 132 Å². The van der Waals surface area contributed by atoms with Crippen LogP contribution in [-0.2, 0) is 33.8 Å². The largest absolute Gasteiger partial charge is 0.456 e. The monoisotopic (exact) mass is 693 g/mol. The Balaban J connectivity index is 1.13. The smallest absolute Gasteiger partial charge is 0.303 e. The molecule has 2 heterocycles. The number of carbonyl (C=O) groups excluding carboxylic acids is 1. The van der Waals surface area contributed by atoms with E-state index in [2.05, 4.69) is 34.6 Å². The minimum absolute atomic E-state index is 0.0177. The Kier molecular flexibility index (Phi) is 8.22. The van der Waals surface area contributed by atoms with Crippen LogP contribution in [0.3, 0.4) is 0 Å². The summed E-state index contributed by atoms with van der Waals surface area (Å²) in [4.78, 5) is 12.1. The number of ether oxygens (including phenoxy) is 4. The number of aliphatic hydroxyl groups excluding tert-OH is 1. The summed E-state index contributed by atoms with van der Waals surface area (Å²) in [5, 5.41) is 23.5. The van der Waals surface area contributed by atoms with Crippen LogP contribution in [0, 0.1) is 63.0 Å². The normalized spacial score (nSPS) is 48.4. The first-order valence-electron chi connectivity index (χ1n) is 18.3. The maximum absolute atomic E-state index is 12.5. The highest BCUT2D eigenvalue weighted by Crippen LogP contribution is 2.89. The molecule has 272 valence electrons. The zero-order valence-electron chi connectivity index (χ0n) is 30.5. The van der Waals surface area contributed by atoms with Crippen molar-refractivity contribution in [1.29, 1.82) is 0 Å². The number of nitrogens with zero attached hydrogens (tertiary/aromatic N) is 1. The summed E-state index contributed by atoms with van der Waals surface area (Å²) >= 11 is 0. The van der Waals surface area contributed by atoms with Crippen LogP contribution < -0.4 is 0 Å². The Bertz CT molecular complexity index is 1410. The Morgan fingerprint density at radius 2 is 1.73 bits per heavy atom. The number of rotatable bonds is 6. The summed E-state index contributed by atoms with van der Waals surface area (Å²) in [5.41, 5.74) is -1.58. The third-order valence-electron chi connectivity index (χ3n) is 15.4. The summed E-state index contributed by atoms with van der Waals surface area (Å²) in [6.45, 7) is 17.2. The van der Waals surface area contributed by atoms with Crippen LogP contribution in [-0.4, -0.2) is 85.1 Å². The highest BCUT2D eigenvalue weighted by atomic mass is 32.2.